The highest BCUT2D eigenvalue weighted by Crippen LogP contribution is 2.38. The van der Waals surface area contributed by atoms with Gasteiger partial charge in [-0.2, -0.15) is 13.2 Å². The number of benzene rings is 2. The van der Waals surface area contributed by atoms with Crippen molar-refractivity contribution in [3.63, 3.8) is 0 Å². The Balaban J connectivity index is 2.41. The first-order valence-electron chi connectivity index (χ1n) is 8.10. The number of hydrogen-bond donors (Lipinski definition) is 2. The number of hydrazine groups is 2. The van der Waals surface area contributed by atoms with Crippen LogP contribution in [-0.2, 0) is 12.8 Å². The standard InChI is InChI=1S/C18H21F3N4O3/c1-11-7-8-16(13(9-11)18(19,20)21)28-10-12-14(5-4-6-15(12)27-3)25(23)17(26)24(2)22/h4-9H,10,22-23H2,1-3H3. The Kier molecular flexibility index (Phi) is 6.37. The molecule has 0 unspecified atom stereocenters. The molecule has 28 heavy (non-hydrogen) atoms. The second-order valence-corrected chi connectivity index (χ2v) is 6.01. The lowest BCUT2D eigenvalue weighted by Crippen LogP contribution is -2.49. The average Bonchev–Trinajstić information content (AvgIpc) is 2.64. The van der Waals surface area contributed by atoms with Crippen LogP contribution in [0.25, 0.3) is 0 Å². The van der Waals surface area contributed by atoms with E-state index in [0.717, 1.165) is 16.1 Å². The van der Waals surface area contributed by atoms with Crippen LogP contribution < -0.4 is 26.2 Å². The van der Waals surface area contributed by atoms with Gasteiger partial charge in [0.05, 0.1) is 23.9 Å². The summed E-state index contributed by atoms with van der Waals surface area (Å²) in [6.07, 6.45) is -4.58. The van der Waals surface area contributed by atoms with Crippen molar-refractivity contribution in [2.75, 3.05) is 19.2 Å². The number of carbonyl (C=O) groups is 1. The molecule has 152 valence electrons. The second kappa shape index (κ2) is 8.36. The van der Waals surface area contributed by atoms with Gasteiger partial charge in [-0.25, -0.2) is 21.5 Å². The monoisotopic (exact) mass is 398 g/mol. The van der Waals surface area contributed by atoms with Crippen LogP contribution in [-0.4, -0.2) is 25.2 Å². The third-order valence-corrected chi connectivity index (χ3v) is 3.91. The smallest absolute Gasteiger partial charge is 0.419 e. The summed E-state index contributed by atoms with van der Waals surface area (Å²) in [6, 6.07) is 7.67. The minimum Gasteiger partial charge on any atom is -0.496 e. The van der Waals surface area contributed by atoms with Gasteiger partial charge in [-0.3, -0.25) is 5.01 Å². The minimum atomic E-state index is -4.58. The van der Waals surface area contributed by atoms with E-state index < -0.39 is 17.8 Å². The zero-order valence-corrected chi connectivity index (χ0v) is 15.6. The van der Waals surface area contributed by atoms with Gasteiger partial charge in [0.2, 0.25) is 0 Å². The highest BCUT2D eigenvalue weighted by atomic mass is 19.4. The molecular weight excluding hydrogens is 377 g/mol. The summed E-state index contributed by atoms with van der Waals surface area (Å²) in [6.45, 7) is 1.24. The van der Waals surface area contributed by atoms with E-state index in [-0.39, 0.29) is 23.6 Å². The number of nitrogens with two attached hydrogens (primary N) is 2. The van der Waals surface area contributed by atoms with Crippen LogP contribution in [0.2, 0.25) is 0 Å². The Hall–Kier alpha value is -2.98. The Labute approximate surface area is 160 Å². The summed E-state index contributed by atoms with van der Waals surface area (Å²) in [4.78, 5) is 12.1. The van der Waals surface area contributed by atoms with Crippen molar-refractivity contribution in [1.29, 1.82) is 0 Å². The number of aryl methyl sites for hydroxylation is 1. The van der Waals surface area contributed by atoms with Crippen LogP contribution >= 0.6 is 0 Å². The molecule has 0 atom stereocenters. The van der Waals surface area contributed by atoms with Gasteiger partial charge in [-0.05, 0) is 31.2 Å². The van der Waals surface area contributed by atoms with E-state index in [1.807, 2.05) is 0 Å². The maximum atomic E-state index is 13.3. The van der Waals surface area contributed by atoms with Crippen molar-refractivity contribution in [2.45, 2.75) is 19.7 Å². The van der Waals surface area contributed by atoms with Crippen molar-refractivity contribution in [1.82, 2.24) is 5.01 Å². The molecular formula is C18H21F3N4O3. The van der Waals surface area contributed by atoms with E-state index in [1.54, 1.807) is 19.1 Å². The normalized spacial score (nSPS) is 11.1. The molecule has 2 rings (SSSR count). The highest BCUT2D eigenvalue weighted by Gasteiger charge is 2.34. The number of anilines is 1. The molecule has 10 heteroatoms. The third-order valence-electron chi connectivity index (χ3n) is 3.91. The quantitative estimate of drug-likeness (QED) is 0.458. The van der Waals surface area contributed by atoms with E-state index in [9.17, 15) is 18.0 Å². The van der Waals surface area contributed by atoms with E-state index in [1.165, 1.54) is 32.4 Å². The van der Waals surface area contributed by atoms with E-state index in [0.29, 0.717) is 11.3 Å². The molecule has 2 amide bonds. The van der Waals surface area contributed by atoms with Crippen molar-refractivity contribution < 1.29 is 27.4 Å². The van der Waals surface area contributed by atoms with Gasteiger partial charge in [0.15, 0.2) is 0 Å². The Morgan fingerprint density at radius 2 is 1.82 bits per heavy atom. The largest absolute Gasteiger partial charge is 0.496 e. The zero-order chi connectivity index (χ0) is 21.1. The van der Waals surface area contributed by atoms with Gasteiger partial charge in [0, 0.05) is 7.05 Å². The van der Waals surface area contributed by atoms with Crippen LogP contribution in [0.1, 0.15) is 16.7 Å². The maximum Gasteiger partial charge on any atom is 0.419 e. The van der Waals surface area contributed by atoms with Crippen LogP contribution in [0.4, 0.5) is 23.7 Å². The molecule has 0 bridgehead atoms. The van der Waals surface area contributed by atoms with Gasteiger partial charge in [0.1, 0.15) is 18.1 Å². The topological polar surface area (TPSA) is 94.1 Å². The van der Waals surface area contributed by atoms with E-state index in [2.05, 4.69) is 0 Å². The van der Waals surface area contributed by atoms with E-state index in [4.69, 9.17) is 21.2 Å². The molecule has 0 aromatic heterocycles. The molecule has 0 aliphatic carbocycles. The average molecular weight is 398 g/mol. The first-order chi connectivity index (χ1) is 13.1. The summed E-state index contributed by atoms with van der Waals surface area (Å²) >= 11 is 0. The number of urea groups is 1. The summed E-state index contributed by atoms with van der Waals surface area (Å²) in [5, 5.41) is 1.53. The van der Waals surface area contributed by atoms with Crippen molar-refractivity contribution in [3.05, 3.63) is 53.1 Å². The number of methoxy groups -OCH3 is 1. The first-order valence-corrected chi connectivity index (χ1v) is 8.10. The maximum absolute atomic E-state index is 13.3. The minimum absolute atomic E-state index is 0.183. The lowest BCUT2D eigenvalue weighted by atomic mass is 10.1. The van der Waals surface area contributed by atoms with Crippen molar-refractivity contribution in [3.8, 4) is 11.5 Å². The molecule has 0 saturated heterocycles. The number of rotatable bonds is 5. The third kappa shape index (κ3) is 4.65. The van der Waals surface area contributed by atoms with Gasteiger partial charge in [-0.15, -0.1) is 0 Å². The Bertz CT molecular complexity index is 856. The number of alkyl halides is 3. The number of hydrogen-bond acceptors (Lipinski definition) is 5. The molecule has 0 fully saturated rings. The number of carbonyl (C=O) groups excluding carboxylic acids is 1. The zero-order valence-electron chi connectivity index (χ0n) is 15.6. The molecule has 2 aromatic rings. The Morgan fingerprint density at radius 3 is 2.39 bits per heavy atom. The predicted molar refractivity (Wildman–Crippen MR) is 97.5 cm³/mol. The molecule has 0 aliphatic rings. The van der Waals surface area contributed by atoms with E-state index >= 15 is 0 Å². The summed E-state index contributed by atoms with van der Waals surface area (Å²) < 4.78 is 50.6. The van der Waals surface area contributed by atoms with Crippen LogP contribution in [0, 0.1) is 6.92 Å². The van der Waals surface area contributed by atoms with Crippen molar-refractivity contribution >= 4 is 11.7 Å². The molecule has 0 saturated carbocycles. The molecule has 0 aliphatic heterocycles. The molecule has 0 heterocycles. The fourth-order valence-corrected chi connectivity index (χ4v) is 2.53. The lowest BCUT2D eigenvalue weighted by Gasteiger charge is -2.24. The summed E-state index contributed by atoms with van der Waals surface area (Å²) in [7, 11) is 2.69. The molecule has 2 aromatic carbocycles. The van der Waals surface area contributed by atoms with Crippen molar-refractivity contribution in [2.24, 2.45) is 11.7 Å². The number of ether oxygens (including phenoxy) is 2. The van der Waals surface area contributed by atoms with Gasteiger partial charge >= 0.3 is 12.2 Å². The van der Waals surface area contributed by atoms with Gasteiger partial charge < -0.3 is 9.47 Å². The molecule has 7 nitrogen and oxygen atoms in total. The van der Waals surface area contributed by atoms with Gasteiger partial charge in [-0.1, -0.05) is 17.7 Å². The number of amides is 2. The summed E-state index contributed by atoms with van der Waals surface area (Å²) in [5.74, 6) is 11.2. The fourth-order valence-electron chi connectivity index (χ4n) is 2.53. The Morgan fingerprint density at radius 1 is 1.14 bits per heavy atom. The van der Waals surface area contributed by atoms with Crippen LogP contribution in [0.5, 0.6) is 11.5 Å². The fraction of sp³-hybridized carbons (Fsp3) is 0.278. The van der Waals surface area contributed by atoms with Gasteiger partial charge in [0.25, 0.3) is 0 Å². The molecule has 0 radical (unpaired) electrons. The first kappa shape index (κ1) is 21.3. The number of halogens is 3. The second-order valence-electron chi connectivity index (χ2n) is 6.01. The number of nitrogens with zero attached hydrogens (tertiary/aromatic N) is 2. The highest BCUT2D eigenvalue weighted by molar-refractivity contribution is 5.91. The molecule has 0 spiro atoms. The summed E-state index contributed by atoms with van der Waals surface area (Å²) in [5.41, 5.74) is 0.0207. The lowest BCUT2D eigenvalue weighted by molar-refractivity contribution is -0.139. The molecule has 4 N–H and O–H groups in total. The SMILES string of the molecule is COc1cccc(N(N)C(=O)N(C)N)c1COc1ccc(C)cc1C(F)(F)F. The van der Waals surface area contributed by atoms with Crippen LogP contribution in [0.15, 0.2) is 36.4 Å². The predicted octanol–water partition coefficient (Wildman–Crippen LogP) is 3.21. The van der Waals surface area contributed by atoms with Crippen LogP contribution in [0.3, 0.4) is 0 Å².